The third-order valence-corrected chi connectivity index (χ3v) is 5.11. The van der Waals surface area contributed by atoms with Crippen molar-refractivity contribution < 1.29 is 19.2 Å². The predicted octanol–water partition coefficient (Wildman–Crippen LogP) is 5.38. The fourth-order valence-corrected chi connectivity index (χ4v) is 3.44. The van der Waals surface area contributed by atoms with Crippen molar-refractivity contribution in [3.05, 3.63) is 117 Å². The first-order valence-corrected chi connectivity index (χ1v) is 10.4. The summed E-state index contributed by atoms with van der Waals surface area (Å²) in [4.78, 5) is 35.4. The first-order valence-electron chi connectivity index (χ1n) is 10.00. The van der Waals surface area contributed by atoms with Crippen LogP contribution in [0.1, 0.15) is 26.3 Å². The number of esters is 1. The Morgan fingerprint density at radius 3 is 2.50 bits per heavy atom. The molecule has 1 amide bonds. The molecule has 0 saturated carbocycles. The minimum absolute atomic E-state index is 0.0804. The van der Waals surface area contributed by atoms with Crippen LogP contribution in [-0.2, 0) is 0 Å². The van der Waals surface area contributed by atoms with Crippen molar-refractivity contribution in [3.8, 4) is 5.75 Å². The lowest BCUT2D eigenvalue weighted by molar-refractivity contribution is -0.384. The Labute approximate surface area is 198 Å². The van der Waals surface area contributed by atoms with Gasteiger partial charge in [-0.05, 0) is 41.1 Å². The SMILES string of the molecule is O=C(N/N=C/c1c(OC(=O)c2cccc(Cl)c2)ccc2ccccc12)c1cccc([N+](=O)[O-])c1. The molecule has 4 aromatic rings. The Balaban J connectivity index is 1.62. The first-order chi connectivity index (χ1) is 16.4. The van der Waals surface area contributed by atoms with Gasteiger partial charge in [0.25, 0.3) is 11.6 Å². The highest BCUT2D eigenvalue weighted by Gasteiger charge is 2.15. The van der Waals surface area contributed by atoms with Crippen molar-refractivity contribution in [2.45, 2.75) is 0 Å². The number of carbonyl (C=O) groups excluding carboxylic acids is 2. The topological polar surface area (TPSA) is 111 Å². The third kappa shape index (κ3) is 5.08. The van der Waals surface area contributed by atoms with Crippen molar-refractivity contribution >= 4 is 46.2 Å². The Morgan fingerprint density at radius 2 is 1.71 bits per heavy atom. The number of hydrogen-bond donors (Lipinski definition) is 1. The van der Waals surface area contributed by atoms with Gasteiger partial charge in [-0.25, -0.2) is 10.2 Å². The number of rotatable bonds is 6. The van der Waals surface area contributed by atoms with Gasteiger partial charge in [-0.2, -0.15) is 5.10 Å². The average Bonchev–Trinajstić information content (AvgIpc) is 2.85. The molecule has 1 N–H and O–H groups in total. The Bertz CT molecular complexity index is 1450. The van der Waals surface area contributed by atoms with Gasteiger partial charge in [0.2, 0.25) is 0 Å². The maximum absolute atomic E-state index is 12.7. The Kier molecular flexibility index (Phi) is 6.61. The zero-order valence-electron chi connectivity index (χ0n) is 17.5. The van der Waals surface area contributed by atoms with Gasteiger partial charge in [0.1, 0.15) is 5.75 Å². The van der Waals surface area contributed by atoms with Crippen LogP contribution in [0.25, 0.3) is 10.8 Å². The molecule has 0 atom stereocenters. The van der Waals surface area contributed by atoms with E-state index in [1.54, 1.807) is 30.3 Å². The van der Waals surface area contributed by atoms with E-state index in [1.807, 2.05) is 24.3 Å². The number of nitro groups is 1. The van der Waals surface area contributed by atoms with E-state index in [1.165, 1.54) is 30.5 Å². The number of non-ortho nitro benzene ring substituents is 1. The molecule has 4 rings (SSSR count). The molecule has 34 heavy (non-hydrogen) atoms. The van der Waals surface area contributed by atoms with Crippen LogP contribution >= 0.6 is 11.6 Å². The van der Waals surface area contributed by atoms with Gasteiger partial charge < -0.3 is 4.74 Å². The number of hydrazone groups is 1. The van der Waals surface area contributed by atoms with E-state index in [9.17, 15) is 19.7 Å². The summed E-state index contributed by atoms with van der Waals surface area (Å²) >= 11 is 5.97. The number of halogens is 1. The molecule has 8 nitrogen and oxygen atoms in total. The van der Waals surface area contributed by atoms with Crippen molar-refractivity contribution in [1.82, 2.24) is 5.43 Å². The highest BCUT2D eigenvalue weighted by molar-refractivity contribution is 6.30. The van der Waals surface area contributed by atoms with E-state index >= 15 is 0 Å². The second-order valence-electron chi connectivity index (χ2n) is 7.10. The van der Waals surface area contributed by atoms with Gasteiger partial charge in [-0.1, -0.05) is 54.1 Å². The fraction of sp³-hybridized carbons (Fsp3) is 0. The van der Waals surface area contributed by atoms with Gasteiger partial charge in [0, 0.05) is 28.3 Å². The first kappa shape index (κ1) is 22.6. The number of fused-ring (bicyclic) bond motifs is 1. The normalized spacial score (nSPS) is 10.9. The molecule has 0 fully saturated rings. The highest BCUT2D eigenvalue weighted by atomic mass is 35.5. The molecule has 0 aromatic heterocycles. The molecule has 0 aliphatic rings. The summed E-state index contributed by atoms with van der Waals surface area (Å²) in [5, 5.41) is 16.9. The summed E-state index contributed by atoms with van der Waals surface area (Å²) in [6.07, 6.45) is 1.36. The van der Waals surface area contributed by atoms with Crippen molar-refractivity contribution in [2.24, 2.45) is 5.10 Å². The summed E-state index contributed by atoms with van der Waals surface area (Å²) in [7, 11) is 0. The van der Waals surface area contributed by atoms with Crippen LogP contribution in [-0.4, -0.2) is 23.0 Å². The predicted molar refractivity (Wildman–Crippen MR) is 129 cm³/mol. The van der Waals surface area contributed by atoms with Gasteiger partial charge in [-0.3, -0.25) is 14.9 Å². The van der Waals surface area contributed by atoms with E-state index in [-0.39, 0.29) is 22.6 Å². The lowest BCUT2D eigenvalue weighted by Gasteiger charge is -2.11. The van der Waals surface area contributed by atoms with Crippen molar-refractivity contribution in [2.75, 3.05) is 0 Å². The summed E-state index contributed by atoms with van der Waals surface area (Å²) in [6, 6.07) is 22.5. The number of hydrogen-bond acceptors (Lipinski definition) is 6. The largest absolute Gasteiger partial charge is 0.422 e. The maximum Gasteiger partial charge on any atom is 0.343 e. The monoisotopic (exact) mass is 473 g/mol. The van der Waals surface area contributed by atoms with Gasteiger partial charge in [0.05, 0.1) is 16.7 Å². The second kappa shape index (κ2) is 9.93. The van der Waals surface area contributed by atoms with Crippen LogP contribution in [0, 0.1) is 10.1 Å². The van der Waals surface area contributed by atoms with Crippen LogP contribution in [0.5, 0.6) is 5.75 Å². The van der Waals surface area contributed by atoms with E-state index < -0.39 is 16.8 Å². The number of nitrogens with one attached hydrogen (secondary N) is 1. The Hall–Kier alpha value is -4.56. The molecule has 9 heteroatoms. The fourth-order valence-electron chi connectivity index (χ4n) is 3.25. The maximum atomic E-state index is 12.7. The zero-order valence-corrected chi connectivity index (χ0v) is 18.2. The number of benzene rings is 4. The highest BCUT2D eigenvalue weighted by Crippen LogP contribution is 2.27. The molecule has 0 radical (unpaired) electrons. The number of nitro benzene ring substituents is 1. The molecule has 0 saturated heterocycles. The lowest BCUT2D eigenvalue weighted by Crippen LogP contribution is -2.18. The molecule has 0 spiro atoms. The molecular weight excluding hydrogens is 458 g/mol. The molecule has 0 unspecified atom stereocenters. The molecule has 0 bridgehead atoms. The molecule has 168 valence electrons. The number of ether oxygens (including phenoxy) is 1. The van der Waals surface area contributed by atoms with Crippen LogP contribution in [0.3, 0.4) is 0 Å². The smallest absolute Gasteiger partial charge is 0.343 e. The molecule has 4 aromatic carbocycles. The molecule has 0 heterocycles. The molecule has 0 aliphatic heterocycles. The minimum Gasteiger partial charge on any atom is -0.422 e. The number of carbonyl (C=O) groups is 2. The van der Waals surface area contributed by atoms with Crippen molar-refractivity contribution in [1.29, 1.82) is 0 Å². The zero-order chi connectivity index (χ0) is 24.1. The average molecular weight is 474 g/mol. The van der Waals surface area contributed by atoms with Crippen LogP contribution in [0.15, 0.2) is 90.0 Å². The van der Waals surface area contributed by atoms with Gasteiger partial charge in [0.15, 0.2) is 0 Å². The molecular formula is C25H16ClN3O5. The summed E-state index contributed by atoms with van der Waals surface area (Å²) in [6.45, 7) is 0. The Morgan fingerprint density at radius 1 is 0.941 bits per heavy atom. The molecule has 0 aliphatic carbocycles. The van der Waals surface area contributed by atoms with E-state index in [2.05, 4.69) is 10.5 Å². The van der Waals surface area contributed by atoms with Crippen LogP contribution < -0.4 is 10.2 Å². The van der Waals surface area contributed by atoms with E-state index in [0.29, 0.717) is 10.6 Å². The minimum atomic E-state index is -0.627. The summed E-state index contributed by atoms with van der Waals surface area (Å²) in [5.74, 6) is -0.997. The van der Waals surface area contributed by atoms with Crippen molar-refractivity contribution in [3.63, 3.8) is 0 Å². The van der Waals surface area contributed by atoms with Crippen LogP contribution in [0.2, 0.25) is 5.02 Å². The van der Waals surface area contributed by atoms with E-state index in [4.69, 9.17) is 16.3 Å². The number of amides is 1. The summed E-state index contributed by atoms with van der Waals surface area (Å²) in [5.41, 5.74) is 2.97. The second-order valence-corrected chi connectivity index (χ2v) is 7.54. The summed E-state index contributed by atoms with van der Waals surface area (Å²) < 4.78 is 5.60. The lowest BCUT2D eigenvalue weighted by atomic mass is 10.0. The standard InChI is InChI=1S/C25H16ClN3O5/c26-19-8-3-7-18(13-19)25(31)34-23-12-11-16-5-1-2-10-21(16)22(23)15-27-28-24(30)17-6-4-9-20(14-17)29(32)33/h1-15H,(H,28,30)/b27-15+. The number of nitrogens with zero attached hydrogens (tertiary/aromatic N) is 2. The quantitative estimate of drug-likeness (QED) is 0.133. The van der Waals surface area contributed by atoms with Gasteiger partial charge in [-0.15, -0.1) is 0 Å². The van der Waals surface area contributed by atoms with E-state index in [0.717, 1.165) is 16.8 Å². The third-order valence-electron chi connectivity index (χ3n) is 4.87. The van der Waals surface area contributed by atoms with Crippen LogP contribution in [0.4, 0.5) is 5.69 Å². The van der Waals surface area contributed by atoms with Gasteiger partial charge >= 0.3 is 5.97 Å².